The molecule has 2 amide bonds. The van der Waals surface area contributed by atoms with Crippen LogP contribution in [0.1, 0.15) is 43.7 Å². The first-order valence-corrected chi connectivity index (χ1v) is 12.4. The third-order valence-corrected chi connectivity index (χ3v) is 5.67. The number of unbranched alkanes of at least 4 members (excludes halogenated alkanes) is 1. The first-order chi connectivity index (χ1) is 17.7. The predicted octanol–water partition coefficient (Wildman–Crippen LogP) is 2.13. The van der Waals surface area contributed by atoms with Gasteiger partial charge >= 0.3 is 5.97 Å². The highest BCUT2D eigenvalue weighted by Gasteiger charge is 2.29. The summed E-state index contributed by atoms with van der Waals surface area (Å²) in [7, 11) is 0. The fourth-order valence-corrected chi connectivity index (χ4v) is 3.71. The number of benzene rings is 2. The molecule has 0 bridgehead atoms. The normalized spacial score (nSPS) is 13.3. The number of esters is 1. The molecule has 3 unspecified atom stereocenters. The summed E-state index contributed by atoms with van der Waals surface area (Å²) in [6.45, 7) is 2.31. The second kappa shape index (κ2) is 15.7. The smallest absolute Gasteiger partial charge is 0.306 e. The van der Waals surface area contributed by atoms with Gasteiger partial charge in [-0.15, -0.1) is 0 Å². The van der Waals surface area contributed by atoms with Gasteiger partial charge in [0.25, 0.3) is 5.91 Å². The molecule has 2 aromatic carbocycles. The Morgan fingerprint density at radius 3 is 2.30 bits per heavy atom. The second-order valence-corrected chi connectivity index (χ2v) is 8.87. The average molecular weight is 519 g/mol. The first-order valence-electron chi connectivity index (χ1n) is 12.4. The van der Waals surface area contributed by atoms with Crippen LogP contribution in [0.15, 0.2) is 48.5 Å². The van der Waals surface area contributed by atoms with Crippen molar-refractivity contribution in [1.29, 1.82) is 0 Å². The van der Waals surface area contributed by atoms with Crippen molar-refractivity contribution in [3.8, 4) is 0 Å². The van der Waals surface area contributed by atoms with E-state index in [2.05, 4.69) is 10.6 Å². The summed E-state index contributed by atoms with van der Waals surface area (Å²) in [6.07, 6.45) is 0.537. The molecule has 2 rings (SSSR count). The van der Waals surface area contributed by atoms with Gasteiger partial charge in [-0.05, 0) is 55.0 Å². The third kappa shape index (κ3) is 11.1. The Morgan fingerprint density at radius 2 is 1.62 bits per heavy atom. The molecule has 0 heterocycles. The summed E-state index contributed by atoms with van der Waals surface area (Å²) in [5.74, 6) is -2.40. The Bertz CT molecular complexity index is 1020. The van der Waals surface area contributed by atoms with Gasteiger partial charge in [0.1, 0.15) is 11.6 Å². The fourth-order valence-electron chi connectivity index (χ4n) is 3.71. The lowest BCUT2D eigenvalue weighted by molar-refractivity contribution is -0.157. The Kier molecular flexibility index (Phi) is 12.7. The maximum absolute atomic E-state index is 13.7. The molecule has 2 aromatic rings. The van der Waals surface area contributed by atoms with Gasteiger partial charge in [0.15, 0.2) is 6.10 Å². The van der Waals surface area contributed by atoms with Crippen molar-refractivity contribution in [3.63, 3.8) is 0 Å². The molecule has 0 radical (unpaired) electrons. The van der Waals surface area contributed by atoms with Crippen molar-refractivity contribution in [2.75, 3.05) is 13.1 Å². The number of ether oxygens (including phenoxy) is 1. The van der Waals surface area contributed by atoms with Crippen LogP contribution in [-0.2, 0) is 32.0 Å². The molecule has 37 heavy (non-hydrogen) atoms. The van der Waals surface area contributed by atoms with E-state index in [1.165, 1.54) is 0 Å². The predicted molar refractivity (Wildman–Crippen MR) is 136 cm³/mol. The fraction of sp³-hybridized carbons (Fsp3) is 0.444. The molecule has 0 saturated carbocycles. The summed E-state index contributed by atoms with van der Waals surface area (Å²) in [5.41, 5.74) is 13.2. The molecule has 202 valence electrons. The van der Waals surface area contributed by atoms with Crippen LogP contribution in [0, 0.1) is 11.6 Å². The van der Waals surface area contributed by atoms with Crippen LogP contribution in [0.2, 0.25) is 0 Å². The number of amides is 2. The van der Waals surface area contributed by atoms with Crippen LogP contribution < -0.4 is 22.1 Å². The van der Waals surface area contributed by atoms with E-state index in [1.807, 2.05) is 30.3 Å². The van der Waals surface area contributed by atoms with Crippen LogP contribution in [0.25, 0.3) is 0 Å². The van der Waals surface area contributed by atoms with E-state index < -0.39 is 41.7 Å². The number of hydrogen-bond donors (Lipinski definition) is 4. The zero-order valence-corrected chi connectivity index (χ0v) is 21.1. The minimum atomic E-state index is -1.11. The van der Waals surface area contributed by atoms with Crippen molar-refractivity contribution < 1.29 is 27.9 Å². The van der Waals surface area contributed by atoms with Gasteiger partial charge in [0.05, 0.1) is 6.04 Å². The van der Waals surface area contributed by atoms with E-state index in [9.17, 15) is 23.2 Å². The zero-order valence-electron chi connectivity index (χ0n) is 21.1. The summed E-state index contributed by atoms with van der Waals surface area (Å²) < 4.78 is 32.3. The summed E-state index contributed by atoms with van der Waals surface area (Å²) in [6, 6.07) is 11.2. The SMILES string of the molecule is CCC(=O)OC(C(=O)NCCCCNC(=O)CC(N)Cc1cc(F)ccc1F)C(N)Cc1ccccc1. The van der Waals surface area contributed by atoms with Gasteiger partial charge in [-0.1, -0.05) is 37.3 Å². The van der Waals surface area contributed by atoms with E-state index in [-0.39, 0.29) is 30.7 Å². The summed E-state index contributed by atoms with van der Waals surface area (Å²) >= 11 is 0. The van der Waals surface area contributed by atoms with Crippen molar-refractivity contribution in [2.24, 2.45) is 11.5 Å². The average Bonchev–Trinajstić information content (AvgIpc) is 2.86. The topological polar surface area (TPSA) is 137 Å². The highest BCUT2D eigenvalue weighted by atomic mass is 19.1. The van der Waals surface area contributed by atoms with E-state index in [4.69, 9.17) is 16.2 Å². The quantitative estimate of drug-likeness (QED) is 0.211. The number of nitrogens with two attached hydrogens (primary N) is 2. The van der Waals surface area contributed by atoms with E-state index >= 15 is 0 Å². The van der Waals surface area contributed by atoms with Crippen LogP contribution in [0.5, 0.6) is 0 Å². The molecule has 0 fully saturated rings. The van der Waals surface area contributed by atoms with Gasteiger partial charge in [-0.3, -0.25) is 14.4 Å². The highest BCUT2D eigenvalue weighted by Crippen LogP contribution is 2.12. The lowest BCUT2D eigenvalue weighted by Gasteiger charge is -2.23. The lowest BCUT2D eigenvalue weighted by atomic mass is 10.0. The molecule has 10 heteroatoms. The van der Waals surface area contributed by atoms with Gasteiger partial charge in [0, 0.05) is 32.0 Å². The Balaban J connectivity index is 1.70. The Labute approximate surface area is 216 Å². The third-order valence-electron chi connectivity index (χ3n) is 5.67. The Hall–Kier alpha value is -3.37. The number of hydrogen-bond acceptors (Lipinski definition) is 6. The van der Waals surface area contributed by atoms with E-state index in [0.29, 0.717) is 32.4 Å². The number of carbonyl (C=O) groups is 3. The molecule has 0 aliphatic heterocycles. The number of halogens is 2. The van der Waals surface area contributed by atoms with Crippen molar-refractivity contribution in [2.45, 2.75) is 63.6 Å². The molecule has 0 aliphatic rings. The Morgan fingerprint density at radius 1 is 0.946 bits per heavy atom. The van der Waals surface area contributed by atoms with Crippen molar-refractivity contribution in [1.82, 2.24) is 10.6 Å². The van der Waals surface area contributed by atoms with Gasteiger partial charge < -0.3 is 26.8 Å². The molecule has 8 nitrogen and oxygen atoms in total. The number of nitrogens with one attached hydrogen (secondary N) is 2. The molecular formula is C27H36F2N4O4. The van der Waals surface area contributed by atoms with Gasteiger partial charge in [0.2, 0.25) is 5.91 Å². The minimum Gasteiger partial charge on any atom is -0.451 e. The molecular weight excluding hydrogens is 482 g/mol. The van der Waals surface area contributed by atoms with Crippen molar-refractivity contribution in [3.05, 3.63) is 71.3 Å². The molecule has 0 saturated heterocycles. The monoisotopic (exact) mass is 518 g/mol. The second-order valence-electron chi connectivity index (χ2n) is 8.87. The van der Waals surface area contributed by atoms with E-state index in [0.717, 1.165) is 23.8 Å². The van der Waals surface area contributed by atoms with Gasteiger partial charge in [-0.2, -0.15) is 0 Å². The van der Waals surface area contributed by atoms with Crippen molar-refractivity contribution >= 4 is 17.8 Å². The zero-order chi connectivity index (χ0) is 27.2. The highest BCUT2D eigenvalue weighted by molar-refractivity contribution is 5.84. The maximum Gasteiger partial charge on any atom is 0.306 e. The van der Waals surface area contributed by atoms with Gasteiger partial charge in [-0.25, -0.2) is 8.78 Å². The largest absolute Gasteiger partial charge is 0.451 e. The van der Waals surface area contributed by atoms with Crippen LogP contribution >= 0.6 is 0 Å². The first kappa shape index (κ1) is 29.9. The van der Waals surface area contributed by atoms with Crippen LogP contribution in [-0.4, -0.2) is 49.1 Å². The van der Waals surface area contributed by atoms with Crippen LogP contribution in [0.4, 0.5) is 8.78 Å². The molecule has 0 aromatic heterocycles. The van der Waals surface area contributed by atoms with E-state index in [1.54, 1.807) is 6.92 Å². The lowest BCUT2D eigenvalue weighted by Crippen LogP contribution is -2.50. The standard InChI is InChI=1S/C27H36F2N4O4/c1-2-25(35)37-26(23(31)14-18-8-4-3-5-9-18)27(36)33-13-7-6-12-32-24(34)17-21(30)16-19-15-20(28)10-11-22(19)29/h3-5,8-11,15,21,23,26H,2,6-7,12-14,16-17,30-31H2,1H3,(H,32,34)(H,33,36). The molecule has 0 aliphatic carbocycles. The molecule has 6 N–H and O–H groups in total. The minimum absolute atomic E-state index is 0.0313. The van der Waals surface area contributed by atoms with Crippen LogP contribution in [0.3, 0.4) is 0 Å². The molecule has 0 spiro atoms. The number of rotatable bonds is 15. The molecule has 3 atom stereocenters. The maximum atomic E-state index is 13.7. The summed E-state index contributed by atoms with van der Waals surface area (Å²) in [4.78, 5) is 36.6. The summed E-state index contributed by atoms with van der Waals surface area (Å²) in [5, 5.41) is 5.47. The number of carbonyl (C=O) groups excluding carboxylic acids is 3.